The molecule has 1 aromatic carbocycles. The lowest BCUT2D eigenvalue weighted by Crippen LogP contribution is -2.37. The molecule has 0 aliphatic carbocycles. The molecular formula is C13H22N2O. The van der Waals surface area contributed by atoms with Gasteiger partial charge in [0.25, 0.3) is 0 Å². The van der Waals surface area contributed by atoms with E-state index in [0.717, 1.165) is 19.0 Å². The first kappa shape index (κ1) is 13.0. The summed E-state index contributed by atoms with van der Waals surface area (Å²) in [4.78, 5) is 0. The molecule has 0 amide bonds. The zero-order chi connectivity index (χ0) is 12.0. The topological polar surface area (TPSA) is 33.3 Å². The highest BCUT2D eigenvalue weighted by Gasteiger charge is 2.19. The summed E-state index contributed by atoms with van der Waals surface area (Å²) >= 11 is 0. The number of rotatable bonds is 6. The molecule has 1 rings (SSSR count). The molecule has 0 atom stereocenters. The van der Waals surface area contributed by atoms with Crippen molar-refractivity contribution in [1.82, 2.24) is 10.6 Å². The molecule has 0 heterocycles. The molecule has 16 heavy (non-hydrogen) atoms. The maximum Gasteiger partial charge on any atom is 0.118 e. The lowest BCUT2D eigenvalue weighted by molar-refractivity contribution is 0.413. The second-order valence-electron chi connectivity index (χ2n) is 4.57. The number of hydrogen-bond donors (Lipinski definition) is 2. The van der Waals surface area contributed by atoms with Crippen molar-refractivity contribution in [1.29, 1.82) is 0 Å². The van der Waals surface area contributed by atoms with E-state index in [1.807, 2.05) is 19.2 Å². The van der Waals surface area contributed by atoms with Crippen molar-refractivity contribution in [2.75, 3.05) is 27.4 Å². The van der Waals surface area contributed by atoms with E-state index in [-0.39, 0.29) is 5.41 Å². The van der Waals surface area contributed by atoms with Gasteiger partial charge in [-0.3, -0.25) is 0 Å². The van der Waals surface area contributed by atoms with E-state index in [2.05, 4.69) is 36.6 Å². The fourth-order valence-electron chi connectivity index (χ4n) is 1.64. The Hall–Kier alpha value is -1.06. The highest BCUT2D eigenvalue weighted by atomic mass is 16.5. The van der Waals surface area contributed by atoms with E-state index >= 15 is 0 Å². The van der Waals surface area contributed by atoms with Crippen LogP contribution in [-0.2, 0) is 5.41 Å². The number of ether oxygens (including phenoxy) is 1. The van der Waals surface area contributed by atoms with Gasteiger partial charge in [0.2, 0.25) is 0 Å². The second-order valence-corrected chi connectivity index (χ2v) is 4.57. The normalized spacial score (nSPS) is 11.5. The van der Waals surface area contributed by atoms with Gasteiger partial charge in [-0.15, -0.1) is 0 Å². The molecule has 0 aromatic heterocycles. The largest absolute Gasteiger partial charge is 0.497 e. The van der Waals surface area contributed by atoms with Crippen molar-refractivity contribution < 1.29 is 4.74 Å². The highest BCUT2D eigenvalue weighted by molar-refractivity contribution is 5.31. The summed E-state index contributed by atoms with van der Waals surface area (Å²) in [5.41, 5.74) is 1.44. The summed E-state index contributed by atoms with van der Waals surface area (Å²) in [6, 6.07) is 8.27. The smallest absolute Gasteiger partial charge is 0.118 e. The monoisotopic (exact) mass is 222 g/mol. The lowest BCUT2D eigenvalue weighted by atomic mass is 9.84. The molecule has 2 N–H and O–H groups in total. The van der Waals surface area contributed by atoms with Crippen LogP contribution in [0.15, 0.2) is 24.3 Å². The Bertz CT molecular complexity index is 306. The summed E-state index contributed by atoms with van der Waals surface area (Å²) in [5, 5.41) is 6.44. The molecule has 0 radical (unpaired) electrons. The SMILES string of the molecule is CNCNCC(C)(C)c1ccc(OC)cc1. The summed E-state index contributed by atoms with van der Waals surface area (Å²) in [5.74, 6) is 0.905. The number of benzene rings is 1. The third kappa shape index (κ3) is 3.51. The zero-order valence-electron chi connectivity index (χ0n) is 10.6. The summed E-state index contributed by atoms with van der Waals surface area (Å²) in [6.45, 7) is 6.24. The van der Waals surface area contributed by atoms with Gasteiger partial charge in [0.15, 0.2) is 0 Å². The first-order valence-electron chi connectivity index (χ1n) is 5.60. The Morgan fingerprint density at radius 1 is 1.19 bits per heavy atom. The van der Waals surface area contributed by atoms with Crippen LogP contribution in [-0.4, -0.2) is 27.4 Å². The van der Waals surface area contributed by atoms with E-state index in [9.17, 15) is 0 Å². The van der Waals surface area contributed by atoms with Crippen LogP contribution in [0.25, 0.3) is 0 Å². The predicted molar refractivity (Wildman–Crippen MR) is 67.9 cm³/mol. The molecule has 0 aliphatic rings. The van der Waals surface area contributed by atoms with Gasteiger partial charge in [-0.05, 0) is 24.7 Å². The molecule has 0 aliphatic heterocycles. The van der Waals surface area contributed by atoms with Gasteiger partial charge >= 0.3 is 0 Å². The van der Waals surface area contributed by atoms with E-state index in [4.69, 9.17) is 4.74 Å². The van der Waals surface area contributed by atoms with E-state index in [0.29, 0.717) is 0 Å². The third-order valence-electron chi connectivity index (χ3n) is 2.74. The average Bonchev–Trinajstić information content (AvgIpc) is 2.29. The minimum atomic E-state index is 0.128. The van der Waals surface area contributed by atoms with Crippen LogP contribution in [0.2, 0.25) is 0 Å². The predicted octanol–water partition coefficient (Wildman–Crippen LogP) is 1.74. The zero-order valence-corrected chi connectivity index (χ0v) is 10.6. The molecule has 3 nitrogen and oxygen atoms in total. The average molecular weight is 222 g/mol. The Kier molecular flexibility index (Phi) is 4.77. The van der Waals surface area contributed by atoms with Crippen LogP contribution < -0.4 is 15.4 Å². The van der Waals surface area contributed by atoms with Crippen molar-refractivity contribution in [3.8, 4) is 5.75 Å². The standard InChI is InChI=1S/C13H22N2O/c1-13(2,9-15-10-14-3)11-5-7-12(16-4)8-6-11/h5-8,14-15H,9-10H2,1-4H3. The van der Waals surface area contributed by atoms with E-state index in [1.54, 1.807) is 7.11 Å². The Morgan fingerprint density at radius 3 is 2.31 bits per heavy atom. The van der Waals surface area contributed by atoms with Gasteiger partial charge in [-0.2, -0.15) is 0 Å². The quantitative estimate of drug-likeness (QED) is 0.568. The first-order chi connectivity index (χ1) is 7.60. The summed E-state index contributed by atoms with van der Waals surface area (Å²) < 4.78 is 5.15. The van der Waals surface area contributed by atoms with Crippen LogP contribution in [0.1, 0.15) is 19.4 Å². The summed E-state index contributed by atoms with van der Waals surface area (Å²) in [6.07, 6.45) is 0. The molecule has 0 saturated heterocycles. The molecule has 0 spiro atoms. The molecular weight excluding hydrogens is 200 g/mol. The third-order valence-corrected chi connectivity index (χ3v) is 2.74. The fourth-order valence-corrected chi connectivity index (χ4v) is 1.64. The van der Waals surface area contributed by atoms with E-state index in [1.165, 1.54) is 5.56 Å². The highest BCUT2D eigenvalue weighted by Crippen LogP contribution is 2.24. The molecule has 0 unspecified atom stereocenters. The lowest BCUT2D eigenvalue weighted by Gasteiger charge is -2.26. The minimum Gasteiger partial charge on any atom is -0.497 e. The van der Waals surface area contributed by atoms with Crippen LogP contribution >= 0.6 is 0 Å². The van der Waals surface area contributed by atoms with Gasteiger partial charge < -0.3 is 15.4 Å². The fraction of sp³-hybridized carbons (Fsp3) is 0.538. The van der Waals surface area contributed by atoms with Crippen molar-refractivity contribution in [2.24, 2.45) is 0 Å². The van der Waals surface area contributed by atoms with E-state index < -0.39 is 0 Å². The van der Waals surface area contributed by atoms with Crippen molar-refractivity contribution in [3.05, 3.63) is 29.8 Å². The minimum absolute atomic E-state index is 0.128. The number of nitrogens with one attached hydrogen (secondary N) is 2. The van der Waals surface area contributed by atoms with Gasteiger partial charge in [-0.25, -0.2) is 0 Å². The summed E-state index contributed by atoms with van der Waals surface area (Å²) in [7, 11) is 3.63. The van der Waals surface area contributed by atoms with Crippen molar-refractivity contribution in [3.63, 3.8) is 0 Å². The van der Waals surface area contributed by atoms with Gasteiger partial charge in [-0.1, -0.05) is 26.0 Å². The molecule has 90 valence electrons. The molecule has 0 fully saturated rings. The Morgan fingerprint density at radius 2 is 1.81 bits per heavy atom. The van der Waals surface area contributed by atoms with Crippen LogP contribution in [0.5, 0.6) is 5.75 Å². The molecule has 1 aromatic rings. The van der Waals surface area contributed by atoms with Gasteiger partial charge in [0, 0.05) is 18.6 Å². The van der Waals surface area contributed by atoms with Crippen LogP contribution in [0.4, 0.5) is 0 Å². The second kappa shape index (κ2) is 5.87. The maximum atomic E-state index is 5.15. The Labute approximate surface area is 98.2 Å². The molecule has 0 bridgehead atoms. The van der Waals surface area contributed by atoms with Gasteiger partial charge in [0.1, 0.15) is 5.75 Å². The first-order valence-corrected chi connectivity index (χ1v) is 5.60. The maximum absolute atomic E-state index is 5.15. The Balaban J connectivity index is 2.65. The van der Waals surface area contributed by atoms with Crippen molar-refractivity contribution in [2.45, 2.75) is 19.3 Å². The van der Waals surface area contributed by atoms with Crippen molar-refractivity contribution >= 4 is 0 Å². The molecule has 0 saturated carbocycles. The number of methoxy groups -OCH3 is 1. The number of hydrogen-bond acceptors (Lipinski definition) is 3. The van der Waals surface area contributed by atoms with Gasteiger partial charge in [0.05, 0.1) is 7.11 Å². The molecule has 3 heteroatoms. The van der Waals surface area contributed by atoms with Crippen LogP contribution in [0, 0.1) is 0 Å². The van der Waals surface area contributed by atoms with Crippen LogP contribution in [0.3, 0.4) is 0 Å².